The molecule has 6 nitrogen and oxygen atoms in total. The van der Waals surface area contributed by atoms with Crippen LogP contribution in [0.15, 0.2) is 29.1 Å². The minimum Gasteiger partial charge on any atom is -0.468 e. The Morgan fingerprint density at radius 3 is 3.05 bits per heavy atom. The van der Waals surface area contributed by atoms with Crippen LogP contribution in [0.4, 0.5) is 0 Å². The Morgan fingerprint density at radius 1 is 1.41 bits per heavy atom. The van der Waals surface area contributed by atoms with Gasteiger partial charge in [0.1, 0.15) is 17.9 Å². The standard InChI is InChI=1S/C16H23N5O/c1-12-9-13(16-18-11-19-21(12)16)17-10-14(15-5-4-8-22-15)20-6-2-3-7-20/h4-5,8,11-14,17H,2-3,6-7,9-10H2,1H3/t12-,13-,14+/m1/s1. The van der Waals surface area contributed by atoms with Gasteiger partial charge in [0.15, 0.2) is 0 Å². The zero-order valence-electron chi connectivity index (χ0n) is 13.0. The molecule has 1 N–H and O–H groups in total. The Kier molecular flexibility index (Phi) is 3.72. The summed E-state index contributed by atoms with van der Waals surface area (Å²) in [6, 6.07) is 5.09. The normalized spacial score (nSPS) is 26.4. The molecular formula is C16H23N5O. The lowest BCUT2D eigenvalue weighted by atomic mass is 10.1. The first-order valence-corrected chi connectivity index (χ1v) is 8.23. The maximum Gasteiger partial charge on any atom is 0.144 e. The first kappa shape index (κ1) is 14.0. The van der Waals surface area contributed by atoms with E-state index in [4.69, 9.17) is 4.42 Å². The molecule has 4 rings (SSSR count). The minimum absolute atomic E-state index is 0.289. The molecule has 1 fully saturated rings. The van der Waals surface area contributed by atoms with Crippen LogP contribution < -0.4 is 5.32 Å². The molecule has 0 bridgehead atoms. The fourth-order valence-electron chi connectivity index (χ4n) is 3.77. The van der Waals surface area contributed by atoms with Crippen molar-refractivity contribution < 1.29 is 4.42 Å². The second-order valence-electron chi connectivity index (χ2n) is 6.38. The molecule has 22 heavy (non-hydrogen) atoms. The lowest BCUT2D eigenvalue weighted by molar-refractivity contribution is 0.204. The molecule has 0 aliphatic carbocycles. The van der Waals surface area contributed by atoms with Crippen LogP contribution >= 0.6 is 0 Å². The molecule has 0 saturated carbocycles. The molecule has 0 unspecified atom stereocenters. The van der Waals surface area contributed by atoms with Crippen molar-refractivity contribution in [2.24, 2.45) is 0 Å². The molecule has 0 aromatic carbocycles. The smallest absolute Gasteiger partial charge is 0.144 e. The number of nitrogens with zero attached hydrogens (tertiary/aromatic N) is 4. The third kappa shape index (κ3) is 2.46. The summed E-state index contributed by atoms with van der Waals surface area (Å²) in [5.74, 6) is 2.12. The molecule has 4 heterocycles. The van der Waals surface area contributed by atoms with Crippen LogP contribution in [-0.2, 0) is 0 Å². The van der Waals surface area contributed by atoms with E-state index in [2.05, 4.69) is 33.3 Å². The number of furan rings is 1. The van der Waals surface area contributed by atoms with Gasteiger partial charge in [-0.1, -0.05) is 0 Å². The second-order valence-corrected chi connectivity index (χ2v) is 6.38. The van der Waals surface area contributed by atoms with E-state index in [0.717, 1.165) is 37.6 Å². The van der Waals surface area contributed by atoms with Gasteiger partial charge in [-0.15, -0.1) is 0 Å². The zero-order valence-corrected chi connectivity index (χ0v) is 13.0. The van der Waals surface area contributed by atoms with Crippen LogP contribution in [0, 0.1) is 0 Å². The van der Waals surface area contributed by atoms with Gasteiger partial charge in [-0.25, -0.2) is 9.67 Å². The van der Waals surface area contributed by atoms with E-state index in [-0.39, 0.29) is 6.04 Å². The zero-order chi connectivity index (χ0) is 14.9. The van der Waals surface area contributed by atoms with Crippen LogP contribution in [0.25, 0.3) is 0 Å². The summed E-state index contributed by atoms with van der Waals surface area (Å²) < 4.78 is 7.72. The van der Waals surface area contributed by atoms with E-state index < -0.39 is 0 Å². The number of nitrogens with one attached hydrogen (secondary N) is 1. The number of hydrogen-bond donors (Lipinski definition) is 1. The van der Waals surface area contributed by atoms with Crippen molar-refractivity contribution in [3.05, 3.63) is 36.3 Å². The third-order valence-corrected chi connectivity index (χ3v) is 4.92. The lowest BCUT2D eigenvalue weighted by Crippen LogP contribution is -2.35. The number of likely N-dealkylation sites (tertiary alicyclic amines) is 1. The Labute approximate surface area is 130 Å². The molecule has 0 spiro atoms. The van der Waals surface area contributed by atoms with Crippen molar-refractivity contribution in [2.45, 2.75) is 44.3 Å². The van der Waals surface area contributed by atoms with Gasteiger partial charge >= 0.3 is 0 Å². The topological polar surface area (TPSA) is 59.1 Å². The summed E-state index contributed by atoms with van der Waals surface area (Å²) in [5.41, 5.74) is 0. The van der Waals surface area contributed by atoms with E-state index >= 15 is 0 Å². The SMILES string of the molecule is C[C@@H]1C[C@@H](NC[C@@H](c2ccco2)N2CCCC2)c2ncnn21. The van der Waals surface area contributed by atoms with Gasteiger partial charge in [0.2, 0.25) is 0 Å². The second kappa shape index (κ2) is 5.85. The molecule has 3 atom stereocenters. The summed E-state index contributed by atoms with van der Waals surface area (Å²) in [6.45, 7) is 5.40. The highest BCUT2D eigenvalue weighted by atomic mass is 16.3. The summed E-state index contributed by atoms with van der Waals surface area (Å²) in [5, 5.41) is 8.01. The highest BCUT2D eigenvalue weighted by molar-refractivity contribution is 5.08. The van der Waals surface area contributed by atoms with Crippen molar-refractivity contribution in [3.63, 3.8) is 0 Å². The lowest BCUT2D eigenvalue weighted by Gasteiger charge is -2.27. The molecule has 2 aromatic rings. The molecular weight excluding hydrogens is 278 g/mol. The molecule has 6 heteroatoms. The third-order valence-electron chi connectivity index (χ3n) is 4.92. The quantitative estimate of drug-likeness (QED) is 0.918. The predicted molar refractivity (Wildman–Crippen MR) is 82.3 cm³/mol. The monoisotopic (exact) mass is 301 g/mol. The Morgan fingerprint density at radius 2 is 2.27 bits per heavy atom. The van der Waals surface area contributed by atoms with E-state index in [1.54, 1.807) is 12.6 Å². The number of aromatic nitrogens is 3. The Bertz CT molecular complexity index is 602. The van der Waals surface area contributed by atoms with E-state index in [1.807, 2.05) is 10.7 Å². The fraction of sp³-hybridized carbons (Fsp3) is 0.625. The molecule has 0 radical (unpaired) electrons. The summed E-state index contributed by atoms with van der Waals surface area (Å²) in [6.07, 6.45) is 7.05. The van der Waals surface area contributed by atoms with Gasteiger partial charge in [0.25, 0.3) is 0 Å². The largest absolute Gasteiger partial charge is 0.468 e. The van der Waals surface area contributed by atoms with Crippen molar-refractivity contribution in [3.8, 4) is 0 Å². The first-order valence-electron chi connectivity index (χ1n) is 8.23. The van der Waals surface area contributed by atoms with Gasteiger partial charge < -0.3 is 9.73 Å². The van der Waals surface area contributed by atoms with E-state index in [1.165, 1.54) is 12.8 Å². The number of hydrogen-bond acceptors (Lipinski definition) is 5. The van der Waals surface area contributed by atoms with Crippen LogP contribution in [0.1, 0.15) is 55.9 Å². The van der Waals surface area contributed by atoms with E-state index in [0.29, 0.717) is 12.1 Å². The molecule has 2 aliphatic heterocycles. The Balaban J connectivity index is 1.47. The predicted octanol–water partition coefficient (Wildman–Crippen LogP) is 2.30. The molecule has 2 aliphatic rings. The van der Waals surface area contributed by atoms with E-state index in [9.17, 15) is 0 Å². The van der Waals surface area contributed by atoms with Gasteiger partial charge in [-0.05, 0) is 51.4 Å². The number of rotatable bonds is 5. The minimum atomic E-state index is 0.289. The van der Waals surface area contributed by atoms with Gasteiger partial charge in [-0.2, -0.15) is 5.10 Å². The van der Waals surface area contributed by atoms with Gasteiger partial charge in [-0.3, -0.25) is 4.90 Å². The molecule has 0 amide bonds. The van der Waals surface area contributed by atoms with Gasteiger partial charge in [0, 0.05) is 6.54 Å². The van der Waals surface area contributed by atoms with Crippen LogP contribution in [-0.4, -0.2) is 39.3 Å². The summed E-state index contributed by atoms with van der Waals surface area (Å²) in [4.78, 5) is 6.94. The summed E-state index contributed by atoms with van der Waals surface area (Å²) >= 11 is 0. The van der Waals surface area contributed by atoms with Crippen molar-refractivity contribution in [1.82, 2.24) is 25.0 Å². The average Bonchev–Trinajstić information content (AvgIpc) is 3.27. The highest BCUT2D eigenvalue weighted by Gasteiger charge is 2.32. The number of fused-ring (bicyclic) bond motifs is 1. The molecule has 1 saturated heterocycles. The van der Waals surface area contributed by atoms with Crippen molar-refractivity contribution in [2.75, 3.05) is 19.6 Å². The van der Waals surface area contributed by atoms with Crippen molar-refractivity contribution >= 4 is 0 Å². The maximum atomic E-state index is 5.68. The maximum absolute atomic E-state index is 5.68. The molecule has 118 valence electrons. The van der Waals surface area contributed by atoms with Crippen LogP contribution in [0.2, 0.25) is 0 Å². The highest BCUT2D eigenvalue weighted by Crippen LogP contribution is 2.32. The average molecular weight is 301 g/mol. The van der Waals surface area contributed by atoms with Crippen LogP contribution in [0.5, 0.6) is 0 Å². The Hall–Kier alpha value is -1.66. The fourth-order valence-corrected chi connectivity index (χ4v) is 3.77. The van der Waals surface area contributed by atoms with Crippen LogP contribution in [0.3, 0.4) is 0 Å². The first-order chi connectivity index (χ1) is 10.8. The van der Waals surface area contributed by atoms with Crippen molar-refractivity contribution in [1.29, 1.82) is 0 Å². The summed E-state index contributed by atoms with van der Waals surface area (Å²) in [7, 11) is 0. The van der Waals surface area contributed by atoms with Gasteiger partial charge in [0.05, 0.1) is 24.4 Å². The molecule has 2 aromatic heterocycles.